The smallest absolute Gasteiger partial charge is 0.274 e. The molecule has 158 valence electrons. The molecule has 0 radical (unpaired) electrons. The molecule has 0 spiro atoms. The Kier molecular flexibility index (Phi) is 5.05. The Balaban J connectivity index is 1.66. The van der Waals surface area contributed by atoms with Gasteiger partial charge in [0.15, 0.2) is 11.4 Å². The number of rotatable bonds is 3. The summed E-state index contributed by atoms with van der Waals surface area (Å²) >= 11 is 0. The standard InChI is InChI=1S/C21H21F2N3O4/c1-11-2-5-14-9-25(8-11)21(30)17-19(28)18(27)15(10-26(14)17)20(29)24-7-12-3-4-13(22)6-16(12)23/h3-4,6,10-11,14,28H,2,5,7-9H2,1H3,(H,24,29). The summed E-state index contributed by atoms with van der Waals surface area (Å²) in [6.45, 7) is 2.77. The maximum Gasteiger partial charge on any atom is 0.274 e. The van der Waals surface area contributed by atoms with Crippen molar-refractivity contribution in [2.45, 2.75) is 32.4 Å². The molecule has 1 saturated heterocycles. The van der Waals surface area contributed by atoms with Crippen LogP contribution in [0.2, 0.25) is 0 Å². The monoisotopic (exact) mass is 417 g/mol. The first-order valence-electron chi connectivity index (χ1n) is 9.75. The number of benzene rings is 1. The number of carbonyl (C=O) groups excluding carboxylic acids is 2. The molecule has 2 atom stereocenters. The fraction of sp³-hybridized carbons (Fsp3) is 0.381. The van der Waals surface area contributed by atoms with Gasteiger partial charge in [-0.15, -0.1) is 0 Å². The number of amides is 2. The second kappa shape index (κ2) is 7.55. The van der Waals surface area contributed by atoms with Crippen LogP contribution < -0.4 is 10.7 Å². The minimum absolute atomic E-state index is 0.0515. The molecular formula is C21H21F2N3O4. The van der Waals surface area contributed by atoms with E-state index in [1.807, 2.05) is 6.92 Å². The Morgan fingerprint density at radius 3 is 2.73 bits per heavy atom. The summed E-state index contributed by atoms with van der Waals surface area (Å²) in [4.78, 5) is 39.6. The molecule has 2 N–H and O–H groups in total. The Hall–Kier alpha value is -3.23. The van der Waals surface area contributed by atoms with Gasteiger partial charge in [0.25, 0.3) is 11.8 Å². The van der Waals surface area contributed by atoms with E-state index in [0.29, 0.717) is 19.2 Å². The third-order valence-corrected chi connectivity index (χ3v) is 5.75. The lowest BCUT2D eigenvalue weighted by Gasteiger charge is -2.34. The molecule has 2 unspecified atom stereocenters. The number of hydrogen-bond acceptors (Lipinski definition) is 4. The molecule has 9 heteroatoms. The van der Waals surface area contributed by atoms with Crippen LogP contribution in [0, 0.1) is 17.6 Å². The summed E-state index contributed by atoms with van der Waals surface area (Å²) in [7, 11) is 0. The number of aromatic hydroxyl groups is 1. The summed E-state index contributed by atoms with van der Waals surface area (Å²) in [6, 6.07) is 2.80. The first-order valence-corrected chi connectivity index (χ1v) is 9.75. The second-order valence-electron chi connectivity index (χ2n) is 7.94. The summed E-state index contributed by atoms with van der Waals surface area (Å²) < 4.78 is 28.3. The van der Waals surface area contributed by atoms with Gasteiger partial charge in [0.2, 0.25) is 5.43 Å². The molecule has 2 bridgehead atoms. The van der Waals surface area contributed by atoms with Gasteiger partial charge < -0.3 is 19.9 Å². The normalized spacial score (nSPS) is 20.5. The van der Waals surface area contributed by atoms with Crippen LogP contribution in [0.4, 0.5) is 8.78 Å². The zero-order valence-corrected chi connectivity index (χ0v) is 16.3. The number of nitrogens with zero attached hydrogens (tertiary/aromatic N) is 2. The van der Waals surface area contributed by atoms with Crippen LogP contribution in [0.3, 0.4) is 0 Å². The van der Waals surface area contributed by atoms with Crippen molar-refractivity contribution in [2.75, 3.05) is 13.1 Å². The highest BCUT2D eigenvalue weighted by molar-refractivity contribution is 5.99. The van der Waals surface area contributed by atoms with Crippen LogP contribution in [-0.2, 0) is 6.54 Å². The van der Waals surface area contributed by atoms with E-state index in [1.54, 1.807) is 4.90 Å². The molecule has 30 heavy (non-hydrogen) atoms. The number of nitrogens with one attached hydrogen (secondary N) is 1. The van der Waals surface area contributed by atoms with Crippen molar-refractivity contribution in [1.29, 1.82) is 0 Å². The second-order valence-corrected chi connectivity index (χ2v) is 7.94. The third kappa shape index (κ3) is 3.44. The van der Waals surface area contributed by atoms with Gasteiger partial charge in [-0.05, 0) is 24.8 Å². The van der Waals surface area contributed by atoms with Crippen LogP contribution in [0.5, 0.6) is 5.75 Å². The minimum atomic E-state index is -0.959. The SMILES string of the molecule is CC1CCC2CN(C1)C(=O)c1c(O)c(=O)c(C(=O)NCc3ccc(F)cc3F)cn12. The largest absolute Gasteiger partial charge is 0.503 e. The van der Waals surface area contributed by atoms with E-state index < -0.39 is 34.6 Å². The maximum absolute atomic E-state index is 13.8. The highest BCUT2D eigenvalue weighted by Gasteiger charge is 2.37. The van der Waals surface area contributed by atoms with Gasteiger partial charge in [0.05, 0.1) is 6.04 Å². The maximum atomic E-state index is 13.8. The lowest BCUT2D eigenvalue weighted by molar-refractivity contribution is 0.0662. The van der Waals surface area contributed by atoms with E-state index in [4.69, 9.17) is 0 Å². The van der Waals surface area contributed by atoms with Crippen molar-refractivity contribution in [3.8, 4) is 5.75 Å². The van der Waals surface area contributed by atoms with E-state index in [1.165, 1.54) is 16.8 Å². The van der Waals surface area contributed by atoms with Crippen molar-refractivity contribution in [3.05, 3.63) is 63.1 Å². The molecule has 7 nitrogen and oxygen atoms in total. The highest BCUT2D eigenvalue weighted by atomic mass is 19.1. The summed E-state index contributed by atoms with van der Waals surface area (Å²) in [5.74, 6) is -3.28. The van der Waals surface area contributed by atoms with Gasteiger partial charge in [-0.3, -0.25) is 14.4 Å². The zero-order chi connectivity index (χ0) is 21.6. The average Bonchev–Trinajstić information content (AvgIpc) is 2.87. The molecule has 2 aliphatic rings. The van der Waals surface area contributed by atoms with E-state index >= 15 is 0 Å². The number of aromatic nitrogens is 1. The quantitative estimate of drug-likeness (QED) is 0.801. The number of hydrogen-bond donors (Lipinski definition) is 2. The van der Waals surface area contributed by atoms with Crippen molar-refractivity contribution in [2.24, 2.45) is 5.92 Å². The van der Waals surface area contributed by atoms with Crippen molar-refractivity contribution >= 4 is 11.8 Å². The molecule has 4 rings (SSSR count). The van der Waals surface area contributed by atoms with E-state index in [2.05, 4.69) is 5.32 Å². The van der Waals surface area contributed by atoms with Gasteiger partial charge in [-0.1, -0.05) is 13.0 Å². The molecule has 0 aliphatic carbocycles. The van der Waals surface area contributed by atoms with Crippen LogP contribution in [0.25, 0.3) is 0 Å². The molecule has 2 aliphatic heterocycles. The van der Waals surface area contributed by atoms with Crippen LogP contribution >= 0.6 is 0 Å². The topological polar surface area (TPSA) is 91.6 Å². The first-order chi connectivity index (χ1) is 14.3. The van der Waals surface area contributed by atoms with Crippen LogP contribution in [-0.4, -0.2) is 39.5 Å². The minimum Gasteiger partial charge on any atom is -0.503 e. The Morgan fingerprint density at radius 1 is 1.23 bits per heavy atom. The first kappa shape index (κ1) is 20.1. The number of fused-ring (bicyclic) bond motifs is 4. The predicted molar refractivity (Wildman–Crippen MR) is 103 cm³/mol. The van der Waals surface area contributed by atoms with Crippen LogP contribution in [0.15, 0.2) is 29.2 Å². The summed E-state index contributed by atoms with van der Waals surface area (Å²) in [5.41, 5.74) is -1.35. The van der Waals surface area contributed by atoms with Gasteiger partial charge >= 0.3 is 0 Å². The molecule has 1 fully saturated rings. The van der Waals surface area contributed by atoms with Crippen LogP contribution in [0.1, 0.15) is 52.2 Å². The van der Waals surface area contributed by atoms with E-state index in [9.17, 15) is 28.3 Å². The molecule has 2 aromatic rings. The van der Waals surface area contributed by atoms with E-state index in [-0.39, 0.29) is 35.3 Å². The Bertz CT molecular complexity index is 1100. The Labute approximate surface area is 170 Å². The molecule has 1 aromatic carbocycles. The average molecular weight is 417 g/mol. The zero-order valence-electron chi connectivity index (χ0n) is 16.3. The lowest BCUT2D eigenvalue weighted by atomic mass is 10.0. The van der Waals surface area contributed by atoms with Gasteiger partial charge in [-0.25, -0.2) is 8.78 Å². The molecule has 1 aromatic heterocycles. The Morgan fingerprint density at radius 2 is 2.00 bits per heavy atom. The fourth-order valence-corrected chi connectivity index (χ4v) is 4.12. The highest BCUT2D eigenvalue weighted by Crippen LogP contribution is 2.33. The predicted octanol–water partition coefficient (Wildman–Crippen LogP) is 2.19. The lowest BCUT2D eigenvalue weighted by Crippen LogP contribution is -2.45. The molecule has 0 saturated carbocycles. The van der Waals surface area contributed by atoms with Gasteiger partial charge in [-0.2, -0.15) is 0 Å². The number of pyridine rings is 1. The third-order valence-electron chi connectivity index (χ3n) is 5.75. The van der Waals surface area contributed by atoms with E-state index in [0.717, 1.165) is 18.9 Å². The fourth-order valence-electron chi connectivity index (χ4n) is 4.12. The van der Waals surface area contributed by atoms with Crippen molar-refractivity contribution in [1.82, 2.24) is 14.8 Å². The van der Waals surface area contributed by atoms with Gasteiger partial charge in [0.1, 0.15) is 17.2 Å². The molecule has 2 amide bonds. The number of carbonyl (C=O) groups is 2. The van der Waals surface area contributed by atoms with Gasteiger partial charge in [0, 0.05) is 37.5 Å². The molecular weight excluding hydrogens is 396 g/mol. The summed E-state index contributed by atoms with van der Waals surface area (Å²) in [6.07, 6.45) is 2.90. The number of halogens is 2. The molecule has 3 heterocycles. The van der Waals surface area contributed by atoms with Crippen molar-refractivity contribution in [3.63, 3.8) is 0 Å². The van der Waals surface area contributed by atoms with Crippen molar-refractivity contribution < 1.29 is 23.5 Å². The summed E-state index contributed by atoms with van der Waals surface area (Å²) in [5, 5.41) is 12.9.